The lowest BCUT2D eigenvalue weighted by molar-refractivity contribution is 0.0954. The van der Waals surface area contributed by atoms with Crippen molar-refractivity contribution >= 4 is 24.0 Å². The molecule has 2 aromatic carbocycles. The van der Waals surface area contributed by atoms with E-state index in [9.17, 15) is 4.79 Å². The summed E-state index contributed by atoms with van der Waals surface area (Å²) in [5, 5.41) is 5.90. The van der Waals surface area contributed by atoms with Gasteiger partial charge in [0.25, 0.3) is 5.91 Å². The van der Waals surface area contributed by atoms with Crippen LogP contribution in [0.4, 0.5) is 5.69 Å². The maximum absolute atomic E-state index is 12.0. The Bertz CT molecular complexity index is 602. The van der Waals surface area contributed by atoms with Gasteiger partial charge in [-0.05, 0) is 43.8 Å². The van der Waals surface area contributed by atoms with Crippen LogP contribution in [0, 0.1) is 0 Å². The highest BCUT2D eigenvalue weighted by Gasteiger charge is 2.08. The number of carbonyl (C=O) groups excluding carboxylic acids is 1. The Morgan fingerprint density at radius 3 is 2.25 bits per heavy atom. The van der Waals surface area contributed by atoms with Gasteiger partial charge in [-0.25, -0.2) is 0 Å². The van der Waals surface area contributed by atoms with Gasteiger partial charge in [0.15, 0.2) is 0 Å². The third-order valence-corrected chi connectivity index (χ3v) is 3.75. The molecule has 5 heteroatoms. The topological polar surface area (TPSA) is 44.4 Å². The van der Waals surface area contributed by atoms with E-state index in [0.29, 0.717) is 12.1 Å². The smallest absolute Gasteiger partial charge is 0.251 e. The Morgan fingerprint density at radius 1 is 1.00 bits per heavy atom. The fraction of sp³-hybridized carbons (Fsp3) is 0.316. The molecule has 1 amide bonds. The van der Waals surface area contributed by atoms with Gasteiger partial charge in [-0.15, -0.1) is 12.4 Å². The molecule has 0 unspecified atom stereocenters. The minimum Gasteiger partial charge on any atom is -0.367 e. The zero-order chi connectivity index (χ0) is 16.5. The van der Waals surface area contributed by atoms with E-state index < -0.39 is 0 Å². The summed E-state index contributed by atoms with van der Waals surface area (Å²) < 4.78 is 0. The van der Waals surface area contributed by atoms with Crippen LogP contribution in [0.25, 0.3) is 0 Å². The van der Waals surface area contributed by atoms with E-state index in [1.807, 2.05) is 37.4 Å². The van der Waals surface area contributed by atoms with Gasteiger partial charge in [-0.1, -0.05) is 30.3 Å². The van der Waals surface area contributed by atoms with Gasteiger partial charge in [0.2, 0.25) is 0 Å². The van der Waals surface area contributed by atoms with Crippen LogP contribution in [0.1, 0.15) is 22.8 Å². The van der Waals surface area contributed by atoms with E-state index >= 15 is 0 Å². The van der Waals surface area contributed by atoms with Gasteiger partial charge in [0.05, 0.1) is 0 Å². The van der Waals surface area contributed by atoms with Gasteiger partial charge < -0.3 is 15.5 Å². The van der Waals surface area contributed by atoms with Gasteiger partial charge in [-0.2, -0.15) is 0 Å². The van der Waals surface area contributed by atoms with Crippen molar-refractivity contribution in [1.82, 2.24) is 10.6 Å². The molecule has 0 heterocycles. The second kappa shape index (κ2) is 10.7. The molecule has 4 nitrogen and oxygen atoms in total. The quantitative estimate of drug-likeness (QED) is 0.721. The number of nitrogens with one attached hydrogen (secondary N) is 2. The Morgan fingerprint density at radius 2 is 1.67 bits per heavy atom. The number of carbonyl (C=O) groups is 1. The first-order valence-electron chi connectivity index (χ1n) is 8.06. The van der Waals surface area contributed by atoms with Crippen LogP contribution in [0.3, 0.4) is 0 Å². The molecule has 0 saturated heterocycles. The highest BCUT2D eigenvalue weighted by Crippen LogP contribution is 2.18. The van der Waals surface area contributed by atoms with Crippen molar-refractivity contribution in [3.63, 3.8) is 0 Å². The minimum absolute atomic E-state index is 0. The molecule has 0 bridgehead atoms. The first-order valence-corrected chi connectivity index (χ1v) is 8.06. The second-order valence-corrected chi connectivity index (χ2v) is 5.41. The molecule has 2 N–H and O–H groups in total. The highest BCUT2D eigenvalue weighted by molar-refractivity contribution is 5.94. The summed E-state index contributed by atoms with van der Waals surface area (Å²) in [6.07, 6.45) is 0. The van der Waals surface area contributed by atoms with E-state index in [0.717, 1.165) is 25.3 Å². The molecule has 0 aliphatic rings. The lowest BCUT2D eigenvalue weighted by Crippen LogP contribution is -2.30. The van der Waals surface area contributed by atoms with Gasteiger partial charge in [0.1, 0.15) is 0 Å². The van der Waals surface area contributed by atoms with Gasteiger partial charge in [0, 0.05) is 37.4 Å². The minimum atomic E-state index is -0.0297. The molecule has 2 rings (SSSR count). The summed E-state index contributed by atoms with van der Waals surface area (Å²) in [7, 11) is 1.87. The van der Waals surface area contributed by atoms with Crippen LogP contribution < -0.4 is 15.5 Å². The van der Waals surface area contributed by atoms with E-state index in [1.165, 1.54) is 5.56 Å². The monoisotopic (exact) mass is 347 g/mol. The number of hydrogen-bond acceptors (Lipinski definition) is 3. The number of hydrogen-bond donors (Lipinski definition) is 2. The fourth-order valence-corrected chi connectivity index (χ4v) is 2.42. The largest absolute Gasteiger partial charge is 0.367 e. The number of anilines is 1. The molecular weight excluding hydrogens is 322 g/mol. The maximum atomic E-state index is 12.0. The predicted molar refractivity (Wildman–Crippen MR) is 103 cm³/mol. The summed E-state index contributed by atoms with van der Waals surface area (Å²) in [4.78, 5) is 14.3. The van der Waals surface area contributed by atoms with E-state index in [4.69, 9.17) is 0 Å². The van der Waals surface area contributed by atoms with Crippen LogP contribution in [0.15, 0.2) is 54.6 Å². The molecular formula is C19H26ClN3O. The first-order chi connectivity index (χ1) is 11.2. The van der Waals surface area contributed by atoms with Crippen LogP contribution in [0.5, 0.6) is 0 Å². The summed E-state index contributed by atoms with van der Waals surface area (Å²) in [6.45, 7) is 5.33. The molecule has 0 fully saturated rings. The molecule has 0 aliphatic carbocycles. The van der Waals surface area contributed by atoms with E-state index in [-0.39, 0.29) is 18.3 Å². The van der Waals surface area contributed by atoms with Crippen molar-refractivity contribution < 1.29 is 4.79 Å². The molecule has 0 aliphatic heterocycles. The van der Waals surface area contributed by atoms with Crippen molar-refractivity contribution in [3.8, 4) is 0 Å². The average molecular weight is 348 g/mol. The fourth-order valence-electron chi connectivity index (χ4n) is 2.42. The lowest BCUT2D eigenvalue weighted by Gasteiger charge is -2.23. The van der Waals surface area contributed by atoms with Crippen LogP contribution >= 0.6 is 12.4 Å². The molecule has 2 aromatic rings. The van der Waals surface area contributed by atoms with Crippen LogP contribution in [-0.4, -0.2) is 32.6 Å². The average Bonchev–Trinajstić information content (AvgIpc) is 2.61. The predicted octanol–water partition coefficient (Wildman–Crippen LogP) is 3.08. The third-order valence-electron chi connectivity index (χ3n) is 3.75. The van der Waals surface area contributed by atoms with Crippen molar-refractivity contribution in [3.05, 3.63) is 65.7 Å². The zero-order valence-corrected chi connectivity index (χ0v) is 15.1. The first kappa shape index (κ1) is 20.0. The molecule has 0 saturated carbocycles. The number of likely N-dealkylation sites (N-methyl/N-ethyl adjacent to an activating group) is 1. The van der Waals surface area contributed by atoms with Crippen LogP contribution in [0.2, 0.25) is 0 Å². The Hall–Kier alpha value is -2.04. The number of rotatable bonds is 8. The van der Waals surface area contributed by atoms with E-state index in [1.54, 1.807) is 0 Å². The molecule has 0 atom stereocenters. The molecule has 0 aromatic heterocycles. The van der Waals surface area contributed by atoms with Crippen molar-refractivity contribution in [2.45, 2.75) is 13.5 Å². The number of amides is 1. The van der Waals surface area contributed by atoms with Gasteiger partial charge in [-0.3, -0.25) is 4.79 Å². The summed E-state index contributed by atoms with van der Waals surface area (Å²) in [5.41, 5.74) is 3.10. The molecule has 24 heavy (non-hydrogen) atoms. The Labute approximate surface area is 150 Å². The number of nitrogens with zero attached hydrogens (tertiary/aromatic N) is 1. The number of benzene rings is 2. The highest BCUT2D eigenvalue weighted by atomic mass is 35.5. The normalized spacial score (nSPS) is 9.92. The standard InChI is InChI=1S/C19H25N3O.ClH/c1-3-22(15-16-7-5-4-6-8-16)18-11-9-17(10-12-18)19(23)21-14-13-20-2;/h4-12,20H,3,13-15H2,1-2H3,(H,21,23);1H. The molecule has 0 radical (unpaired) electrons. The lowest BCUT2D eigenvalue weighted by atomic mass is 10.1. The summed E-state index contributed by atoms with van der Waals surface area (Å²) >= 11 is 0. The van der Waals surface area contributed by atoms with Crippen molar-refractivity contribution in [2.75, 3.05) is 31.6 Å². The second-order valence-electron chi connectivity index (χ2n) is 5.41. The van der Waals surface area contributed by atoms with Crippen molar-refractivity contribution in [1.29, 1.82) is 0 Å². The van der Waals surface area contributed by atoms with Gasteiger partial charge >= 0.3 is 0 Å². The third kappa shape index (κ3) is 5.87. The van der Waals surface area contributed by atoms with Crippen molar-refractivity contribution in [2.24, 2.45) is 0 Å². The maximum Gasteiger partial charge on any atom is 0.251 e. The summed E-state index contributed by atoms with van der Waals surface area (Å²) in [5.74, 6) is -0.0297. The van der Waals surface area contributed by atoms with Crippen LogP contribution in [-0.2, 0) is 6.54 Å². The molecule has 130 valence electrons. The van der Waals surface area contributed by atoms with E-state index in [2.05, 4.69) is 46.7 Å². The molecule has 0 spiro atoms. The Kier molecular flexibility index (Phi) is 8.90. The summed E-state index contributed by atoms with van der Waals surface area (Å²) in [6, 6.07) is 18.2. The zero-order valence-electron chi connectivity index (χ0n) is 14.3. The SMILES string of the molecule is CCN(Cc1ccccc1)c1ccc(C(=O)NCCNC)cc1.Cl. The number of halogens is 1. The Balaban J connectivity index is 0.00000288.